The highest BCUT2D eigenvalue weighted by Gasteiger charge is 2.39. The summed E-state index contributed by atoms with van der Waals surface area (Å²) in [4.78, 5) is 2.54. The maximum absolute atomic E-state index is 6.21. The molecule has 0 aromatic heterocycles. The van der Waals surface area contributed by atoms with E-state index in [1.165, 1.54) is 0 Å². The fourth-order valence-electron chi connectivity index (χ4n) is 2.23. The van der Waals surface area contributed by atoms with E-state index in [1.807, 2.05) is 0 Å². The average molecular weight is 204 g/mol. The zero-order chi connectivity index (χ0) is 10.2. The molecule has 0 amide bonds. The predicted octanol–water partition coefficient (Wildman–Crippen LogP) is 3.12. The molecule has 0 bridgehead atoms. The van der Waals surface area contributed by atoms with Crippen molar-refractivity contribution in [1.29, 1.82) is 0 Å². The van der Waals surface area contributed by atoms with Gasteiger partial charge in [-0.15, -0.1) is 11.6 Å². The minimum absolute atomic E-state index is 0.353. The van der Waals surface area contributed by atoms with Crippen LogP contribution in [0.4, 0.5) is 0 Å². The number of rotatable bonds is 1. The van der Waals surface area contributed by atoms with Gasteiger partial charge >= 0.3 is 0 Å². The number of hydrogen-bond donors (Lipinski definition) is 0. The van der Waals surface area contributed by atoms with Gasteiger partial charge in [0.1, 0.15) is 0 Å². The van der Waals surface area contributed by atoms with Crippen molar-refractivity contribution in [3.05, 3.63) is 0 Å². The van der Waals surface area contributed by atoms with Gasteiger partial charge in [0.05, 0.1) is 0 Å². The lowest BCUT2D eigenvalue weighted by molar-refractivity contribution is 0.111. The maximum Gasteiger partial charge on any atom is 0.0478 e. The first-order valence-corrected chi connectivity index (χ1v) is 5.66. The van der Waals surface area contributed by atoms with Crippen LogP contribution >= 0.6 is 11.6 Å². The number of likely N-dealkylation sites (tertiary alicyclic amines) is 1. The third kappa shape index (κ3) is 2.60. The molecular formula is C11H22ClN. The van der Waals surface area contributed by atoms with Gasteiger partial charge in [-0.3, -0.25) is 4.90 Å². The Bertz CT molecular complexity index is 171. The standard InChI is InChI=1S/C11H22ClN/c1-8(2)13-7-9(12)6-10(13)11(3,4)5/h8-10H,6-7H2,1-5H3. The fraction of sp³-hybridized carbons (Fsp3) is 1.00. The van der Waals surface area contributed by atoms with Gasteiger partial charge in [-0.2, -0.15) is 0 Å². The van der Waals surface area contributed by atoms with Crippen molar-refractivity contribution in [2.75, 3.05) is 6.54 Å². The van der Waals surface area contributed by atoms with Crippen molar-refractivity contribution in [3.63, 3.8) is 0 Å². The first-order valence-electron chi connectivity index (χ1n) is 5.22. The van der Waals surface area contributed by atoms with Crippen LogP contribution in [-0.4, -0.2) is 28.9 Å². The van der Waals surface area contributed by atoms with Crippen molar-refractivity contribution >= 4 is 11.6 Å². The third-order valence-electron chi connectivity index (χ3n) is 2.95. The molecule has 2 heteroatoms. The lowest BCUT2D eigenvalue weighted by Gasteiger charge is -2.37. The zero-order valence-electron chi connectivity index (χ0n) is 9.47. The molecule has 78 valence electrons. The van der Waals surface area contributed by atoms with Crippen LogP contribution < -0.4 is 0 Å². The lowest BCUT2D eigenvalue weighted by Crippen LogP contribution is -2.43. The van der Waals surface area contributed by atoms with Gasteiger partial charge in [0.2, 0.25) is 0 Å². The lowest BCUT2D eigenvalue weighted by atomic mass is 9.85. The molecule has 0 spiro atoms. The fourth-order valence-corrected chi connectivity index (χ4v) is 2.56. The van der Waals surface area contributed by atoms with E-state index in [-0.39, 0.29) is 0 Å². The van der Waals surface area contributed by atoms with Crippen molar-refractivity contribution < 1.29 is 0 Å². The first kappa shape index (κ1) is 11.3. The summed E-state index contributed by atoms with van der Waals surface area (Å²) in [6.45, 7) is 12.5. The van der Waals surface area contributed by atoms with Crippen LogP contribution in [0.1, 0.15) is 41.0 Å². The second-order valence-electron chi connectivity index (χ2n) is 5.51. The molecule has 1 saturated heterocycles. The van der Waals surface area contributed by atoms with E-state index in [0.29, 0.717) is 22.9 Å². The van der Waals surface area contributed by atoms with Gasteiger partial charge in [-0.25, -0.2) is 0 Å². The van der Waals surface area contributed by atoms with E-state index < -0.39 is 0 Å². The van der Waals surface area contributed by atoms with Crippen LogP contribution in [0.15, 0.2) is 0 Å². The molecule has 2 unspecified atom stereocenters. The molecule has 2 atom stereocenters. The van der Waals surface area contributed by atoms with E-state index >= 15 is 0 Å². The predicted molar refractivity (Wildman–Crippen MR) is 59.3 cm³/mol. The summed E-state index contributed by atoms with van der Waals surface area (Å²) in [5.41, 5.74) is 0.355. The third-order valence-corrected chi connectivity index (χ3v) is 3.27. The van der Waals surface area contributed by atoms with Crippen LogP contribution in [0.5, 0.6) is 0 Å². The SMILES string of the molecule is CC(C)N1CC(Cl)CC1C(C)(C)C. The molecule has 13 heavy (non-hydrogen) atoms. The summed E-state index contributed by atoms with van der Waals surface area (Å²) in [7, 11) is 0. The molecule has 0 aromatic carbocycles. The molecule has 0 saturated carbocycles. The highest BCUT2D eigenvalue weighted by molar-refractivity contribution is 6.21. The van der Waals surface area contributed by atoms with Gasteiger partial charge < -0.3 is 0 Å². The first-order chi connectivity index (χ1) is 5.82. The highest BCUT2D eigenvalue weighted by Crippen LogP contribution is 2.35. The van der Waals surface area contributed by atoms with Crippen molar-refractivity contribution in [1.82, 2.24) is 4.90 Å². The van der Waals surface area contributed by atoms with E-state index in [2.05, 4.69) is 39.5 Å². The van der Waals surface area contributed by atoms with Gasteiger partial charge in [-0.05, 0) is 25.7 Å². The Morgan fingerprint density at radius 3 is 2.15 bits per heavy atom. The quantitative estimate of drug-likeness (QED) is 0.592. The molecule has 1 aliphatic heterocycles. The molecule has 0 radical (unpaired) electrons. The van der Waals surface area contributed by atoms with Crippen LogP contribution in [0.25, 0.3) is 0 Å². The summed E-state index contributed by atoms with van der Waals surface area (Å²) < 4.78 is 0. The molecule has 0 N–H and O–H groups in total. The summed E-state index contributed by atoms with van der Waals surface area (Å²) in [5, 5.41) is 0.353. The Hall–Kier alpha value is 0.250. The Morgan fingerprint density at radius 1 is 1.31 bits per heavy atom. The highest BCUT2D eigenvalue weighted by atomic mass is 35.5. The summed E-state index contributed by atoms with van der Waals surface area (Å²) in [6, 6.07) is 1.27. The molecule has 1 nitrogen and oxygen atoms in total. The summed E-state index contributed by atoms with van der Waals surface area (Å²) >= 11 is 6.21. The Balaban J connectivity index is 2.72. The van der Waals surface area contributed by atoms with Gasteiger partial charge in [0.25, 0.3) is 0 Å². The smallest absolute Gasteiger partial charge is 0.0478 e. The topological polar surface area (TPSA) is 3.24 Å². The monoisotopic (exact) mass is 203 g/mol. The van der Waals surface area contributed by atoms with Crippen LogP contribution in [0.3, 0.4) is 0 Å². The van der Waals surface area contributed by atoms with Crippen molar-refractivity contribution in [2.45, 2.75) is 58.5 Å². The zero-order valence-corrected chi connectivity index (χ0v) is 10.2. The molecule has 0 aromatic rings. The minimum atomic E-state index is 0.353. The number of halogens is 1. The normalized spacial score (nSPS) is 31.6. The second kappa shape index (κ2) is 3.78. The van der Waals surface area contributed by atoms with E-state index in [0.717, 1.165) is 13.0 Å². The van der Waals surface area contributed by atoms with E-state index in [4.69, 9.17) is 11.6 Å². The Morgan fingerprint density at radius 2 is 1.85 bits per heavy atom. The van der Waals surface area contributed by atoms with E-state index in [9.17, 15) is 0 Å². The molecule has 1 fully saturated rings. The number of nitrogens with zero attached hydrogens (tertiary/aromatic N) is 1. The number of hydrogen-bond acceptors (Lipinski definition) is 1. The van der Waals surface area contributed by atoms with Gasteiger partial charge in [-0.1, -0.05) is 20.8 Å². The Kier molecular flexibility index (Phi) is 3.29. The van der Waals surface area contributed by atoms with E-state index in [1.54, 1.807) is 0 Å². The van der Waals surface area contributed by atoms with Gasteiger partial charge in [0.15, 0.2) is 0 Å². The average Bonchev–Trinajstić information content (AvgIpc) is 2.29. The van der Waals surface area contributed by atoms with Crippen LogP contribution in [-0.2, 0) is 0 Å². The summed E-state index contributed by atoms with van der Waals surface area (Å²) in [5.74, 6) is 0. The molecule has 1 rings (SSSR count). The second-order valence-corrected chi connectivity index (χ2v) is 6.12. The van der Waals surface area contributed by atoms with Crippen LogP contribution in [0.2, 0.25) is 0 Å². The number of alkyl halides is 1. The van der Waals surface area contributed by atoms with Crippen molar-refractivity contribution in [2.24, 2.45) is 5.41 Å². The minimum Gasteiger partial charge on any atom is -0.296 e. The van der Waals surface area contributed by atoms with Crippen molar-refractivity contribution in [3.8, 4) is 0 Å². The van der Waals surface area contributed by atoms with Crippen LogP contribution in [0, 0.1) is 5.41 Å². The largest absolute Gasteiger partial charge is 0.296 e. The summed E-state index contributed by atoms with van der Waals surface area (Å²) in [6.07, 6.45) is 1.14. The molecular weight excluding hydrogens is 182 g/mol. The van der Waals surface area contributed by atoms with Gasteiger partial charge in [0, 0.05) is 24.0 Å². The molecule has 0 aliphatic carbocycles. The maximum atomic E-state index is 6.21. The molecule has 1 aliphatic rings. The molecule has 1 heterocycles. The Labute approximate surface area is 87.4 Å².